The molecular weight excluding hydrogens is 250 g/mol. The lowest BCUT2D eigenvalue weighted by Crippen LogP contribution is -2.04. The van der Waals surface area contributed by atoms with Gasteiger partial charge in [-0.05, 0) is 12.1 Å². The van der Waals surface area contributed by atoms with E-state index in [1.165, 1.54) is 17.6 Å². The molecule has 0 spiro atoms. The SMILES string of the molecule is COc1ccc2c(=O)c(-c3cscn3)coc2c1. The molecule has 0 amide bonds. The number of methoxy groups -OCH3 is 1. The third-order valence-corrected chi connectivity index (χ3v) is 3.28. The Hall–Kier alpha value is -2.14. The molecule has 2 aromatic heterocycles. The van der Waals surface area contributed by atoms with Gasteiger partial charge in [-0.15, -0.1) is 11.3 Å². The Bertz CT molecular complexity index is 747. The van der Waals surface area contributed by atoms with E-state index in [0.717, 1.165) is 0 Å². The second-order valence-corrected chi connectivity index (χ2v) is 4.43. The predicted molar refractivity (Wildman–Crippen MR) is 70.1 cm³/mol. The summed E-state index contributed by atoms with van der Waals surface area (Å²) in [7, 11) is 1.57. The number of ether oxygens (including phenoxy) is 1. The van der Waals surface area contributed by atoms with Gasteiger partial charge in [0.25, 0.3) is 0 Å². The highest BCUT2D eigenvalue weighted by Gasteiger charge is 2.10. The summed E-state index contributed by atoms with van der Waals surface area (Å²) >= 11 is 1.44. The van der Waals surface area contributed by atoms with Crippen molar-refractivity contribution in [1.29, 1.82) is 0 Å². The first-order chi connectivity index (χ1) is 8.79. The quantitative estimate of drug-likeness (QED) is 0.710. The molecule has 0 fully saturated rings. The van der Waals surface area contributed by atoms with Crippen molar-refractivity contribution in [2.75, 3.05) is 7.11 Å². The number of aromatic nitrogens is 1. The second kappa shape index (κ2) is 4.27. The summed E-state index contributed by atoms with van der Waals surface area (Å²) in [4.78, 5) is 16.4. The average Bonchev–Trinajstić information content (AvgIpc) is 2.92. The van der Waals surface area contributed by atoms with Crippen molar-refractivity contribution in [3.8, 4) is 17.0 Å². The summed E-state index contributed by atoms with van der Waals surface area (Å²) in [5, 5.41) is 2.35. The zero-order valence-corrected chi connectivity index (χ0v) is 10.4. The number of rotatable bonds is 2. The van der Waals surface area contributed by atoms with Crippen LogP contribution >= 0.6 is 11.3 Å². The first kappa shape index (κ1) is 11.0. The zero-order chi connectivity index (χ0) is 12.5. The number of thiazole rings is 1. The zero-order valence-electron chi connectivity index (χ0n) is 9.54. The Morgan fingerprint density at radius 1 is 1.39 bits per heavy atom. The first-order valence-electron chi connectivity index (χ1n) is 5.27. The van der Waals surface area contributed by atoms with Crippen molar-refractivity contribution in [2.24, 2.45) is 0 Å². The van der Waals surface area contributed by atoms with Gasteiger partial charge >= 0.3 is 0 Å². The Balaban J connectivity index is 2.27. The van der Waals surface area contributed by atoms with E-state index < -0.39 is 0 Å². The van der Waals surface area contributed by atoms with E-state index in [4.69, 9.17) is 9.15 Å². The molecule has 0 bridgehead atoms. The fourth-order valence-electron chi connectivity index (χ4n) is 1.76. The standard InChI is InChI=1S/C13H9NO3S/c1-16-8-2-3-9-12(4-8)17-5-10(13(9)15)11-6-18-7-14-11/h2-7H,1H3. The van der Waals surface area contributed by atoms with Crippen LogP contribution < -0.4 is 10.2 Å². The van der Waals surface area contributed by atoms with Crippen LogP contribution in [0.3, 0.4) is 0 Å². The molecule has 0 atom stereocenters. The molecule has 0 radical (unpaired) electrons. The summed E-state index contributed by atoms with van der Waals surface area (Å²) in [6.07, 6.45) is 1.44. The number of fused-ring (bicyclic) bond motifs is 1. The van der Waals surface area contributed by atoms with Crippen molar-refractivity contribution in [3.63, 3.8) is 0 Å². The summed E-state index contributed by atoms with van der Waals surface area (Å²) in [6, 6.07) is 5.14. The van der Waals surface area contributed by atoms with Crippen LogP contribution in [0, 0.1) is 0 Å². The molecule has 0 aliphatic heterocycles. The maximum Gasteiger partial charge on any atom is 0.202 e. The third kappa shape index (κ3) is 1.69. The Morgan fingerprint density at radius 3 is 3.00 bits per heavy atom. The van der Waals surface area contributed by atoms with Crippen LogP contribution in [0.25, 0.3) is 22.2 Å². The molecule has 3 aromatic rings. The van der Waals surface area contributed by atoms with Crippen LogP contribution in [0.15, 0.2) is 44.6 Å². The number of benzene rings is 1. The molecule has 18 heavy (non-hydrogen) atoms. The Labute approximate surface area is 106 Å². The van der Waals surface area contributed by atoms with Gasteiger partial charge in [-0.25, -0.2) is 4.98 Å². The van der Waals surface area contributed by atoms with E-state index in [1.807, 2.05) is 5.38 Å². The summed E-state index contributed by atoms with van der Waals surface area (Å²) < 4.78 is 10.6. The maximum absolute atomic E-state index is 12.3. The normalized spacial score (nSPS) is 10.7. The van der Waals surface area contributed by atoms with Crippen LogP contribution in [0.2, 0.25) is 0 Å². The van der Waals surface area contributed by atoms with E-state index in [1.54, 1.807) is 30.8 Å². The van der Waals surface area contributed by atoms with Crippen LogP contribution in [-0.4, -0.2) is 12.1 Å². The van der Waals surface area contributed by atoms with E-state index in [2.05, 4.69) is 4.98 Å². The number of hydrogen-bond donors (Lipinski definition) is 0. The molecule has 5 heteroatoms. The van der Waals surface area contributed by atoms with Crippen molar-refractivity contribution < 1.29 is 9.15 Å². The lowest BCUT2D eigenvalue weighted by Gasteiger charge is -2.02. The molecule has 0 aliphatic rings. The minimum absolute atomic E-state index is 0.0789. The first-order valence-corrected chi connectivity index (χ1v) is 6.22. The molecular formula is C13H9NO3S. The van der Waals surface area contributed by atoms with Crippen molar-refractivity contribution in [3.05, 3.63) is 45.6 Å². The van der Waals surface area contributed by atoms with E-state index in [0.29, 0.717) is 28.0 Å². The fourth-order valence-corrected chi connectivity index (χ4v) is 2.31. The molecule has 1 aromatic carbocycles. The molecule has 0 unspecified atom stereocenters. The van der Waals surface area contributed by atoms with E-state index >= 15 is 0 Å². The maximum atomic E-state index is 12.3. The molecule has 0 N–H and O–H groups in total. The third-order valence-electron chi connectivity index (χ3n) is 2.69. The minimum Gasteiger partial charge on any atom is -0.497 e. The number of nitrogens with zero attached hydrogens (tertiary/aromatic N) is 1. The van der Waals surface area contributed by atoms with Crippen LogP contribution in [-0.2, 0) is 0 Å². The highest BCUT2D eigenvalue weighted by molar-refractivity contribution is 7.07. The van der Waals surface area contributed by atoms with E-state index in [9.17, 15) is 4.79 Å². The lowest BCUT2D eigenvalue weighted by molar-refractivity contribution is 0.414. The van der Waals surface area contributed by atoms with E-state index in [-0.39, 0.29) is 5.43 Å². The van der Waals surface area contributed by atoms with Crippen LogP contribution in [0.1, 0.15) is 0 Å². The summed E-state index contributed by atoms with van der Waals surface area (Å²) in [5.41, 5.74) is 3.25. The smallest absolute Gasteiger partial charge is 0.202 e. The lowest BCUT2D eigenvalue weighted by atomic mass is 10.1. The van der Waals surface area contributed by atoms with Crippen molar-refractivity contribution in [2.45, 2.75) is 0 Å². The average molecular weight is 259 g/mol. The Kier molecular flexibility index (Phi) is 2.60. The molecule has 90 valence electrons. The van der Waals surface area contributed by atoms with Gasteiger partial charge in [0.15, 0.2) is 0 Å². The Morgan fingerprint density at radius 2 is 2.28 bits per heavy atom. The minimum atomic E-state index is -0.0789. The fraction of sp³-hybridized carbons (Fsp3) is 0.0769. The summed E-state index contributed by atoms with van der Waals surface area (Å²) in [5.74, 6) is 0.659. The number of hydrogen-bond acceptors (Lipinski definition) is 5. The monoisotopic (exact) mass is 259 g/mol. The topological polar surface area (TPSA) is 52.3 Å². The molecule has 0 saturated carbocycles. The molecule has 3 rings (SSSR count). The van der Waals surface area contributed by atoms with Crippen LogP contribution in [0.5, 0.6) is 5.75 Å². The van der Waals surface area contributed by atoms with Gasteiger partial charge in [0, 0.05) is 11.4 Å². The van der Waals surface area contributed by atoms with Crippen molar-refractivity contribution >= 4 is 22.3 Å². The van der Waals surface area contributed by atoms with Gasteiger partial charge in [-0.1, -0.05) is 0 Å². The highest BCUT2D eigenvalue weighted by Crippen LogP contribution is 2.22. The molecule has 0 saturated heterocycles. The van der Waals surface area contributed by atoms with Gasteiger partial charge in [-0.2, -0.15) is 0 Å². The second-order valence-electron chi connectivity index (χ2n) is 3.71. The van der Waals surface area contributed by atoms with Crippen LogP contribution in [0.4, 0.5) is 0 Å². The van der Waals surface area contributed by atoms with Gasteiger partial charge in [0.2, 0.25) is 5.43 Å². The predicted octanol–water partition coefficient (Wildman–Crippen LogP) is 2.93. The largest absolute Gasteiger partial charge is 0.497 e. The van der Waals surface area contributed by atoms with Gasteiger partial charge < -0.3 is 9.15 Å². The highest BCUT2D eigenvalue weighted by atomic mass is 32.1. The van der Waals surface area contributed by atoms with Gasteiger partial charge in [0.1, 0.15) is 17.6 Å². The summed E-state index contributed by atoms with van der Waals surface area (Å²) in [6.45, 7) is 0. The van der Waals surface area contributed by atoms with Gasteiger partial charge in [0.05, 0.1) is 29.3 Å². The van der Waals surface area contributed by atoms with Gasteiger partial charge in [-0.3, -0.25) is 4.79 Å². The van der Waals surface area contributed by atoms with Crippen molar-refractivity contribution in [1.82, 2.24) is 4.98 Å². The molecule has 4 nitrogen and oxygen atoms in total. The molecule has 0 aliphatic carbocycles. The molecule has 2 heterocycles.